The first-order valence-electron chi connectivity index (χ1n) is 10.1. The van der Waals surface area contributed by atoms with Crippen molar-refractivity contribution in [2.24, 2.45) is 0 Å². The molecule has 1 aromatic carbocycles. The average molecular weight is 385 g/mol. The van der Waals surface area contributed by atoms with Crippen molar-refractivity contribution in [2.75, 3.05) is 19.6 Å². The first-order chi connectivity index (χ1) is 12.9. The van der Waals surface area contributed by atoms with Crippen LogP contribution < -0.4 is 5.32 Å². The SMILES string of the molecule is CCCCNCC(=O)N1CCc2sccc2[C@@H]1c1ccc(C(C)(C)C)cc1. The molecule has 1 N–H and O–H groups in total. The summed E-state index contributed by atoms with van der Waals surface area (Å²) in [6.07, 6.45) is 3.22. The average Bonchev–Trinajstić information content (AvgIpc) is 3.12. The Morgan fingerprint density at radius 2 is 1.96 bits per heavy atom. The van der Waals surface area contributed by atoms with Crippen LogP contribution in [0.2, 0.25) is 0 Å². The van der Waals surface area contributed by atoms with Gasteiger partial charge in [-0.15, -0.1) is 11.3 Å². The molecule has 0 spiro atoms. The van der Waals surface area contributed by atoms with Gasteiger partial charge in [0.2, 0.25) is 5.91 Å². The molecule has 0 bridgehead atoms. The van der Waals surface area contributed by atoms with Gasteiger partial charge in [0.15, 0.2) is 0 Å². The number of fused-ring (bicyclic) bond motifs is 1. The molecule has 4 heteroatoms. The molecule has 1 aliphatic rings. The van der Waals surface area contributed by atoms with Gasteiger partial charge < -0.3 is 10.2 Å². The van der Waals surface area contributed by atoms with Crippen molar-refractivity contribution in [1.29, 1.82) is 0 Å². The van der Waals surface area contributed by atoms with Crippen LogP contribution in [0.5, 0.6) is 0 Å². The van der Waals surface area contributed by atoms with Crippen molar-refractivity contribution in [2.45, 2.75) is 58.4 Å². The zero-order chi connectivity index (χ0) is 19.4. The predicted octanol–water partition coefficient (Wildman–Crippen LogP) is 4.91. The lowest BCUT2D eigenvalue weighted by molar-refractivity contribution is -0.132. The van der Waals surface area contributed by atoms with Crippen molar-refractivity contribution in [3.05, 3.63) is 57.3 Å². The number of carbonyl (C=O) groups excluding carboxylic acids is 1. The maximum atomic E-state index is 13.0. The van der Waals surface area contributed by atoms with E-state index in [9.17, 15) is 4.79 Å². The number of benzene rings is 1. The molecule has 146 valence electrons. The minimum absolute atomic E-state index is 0.0366. The number of carbonyl (C=O) groups is 1. The summed E-state index contributed by atoms with van der Waals surface area (Å²) in [6.45, 7) is 11.0. The van der Waals surface area contributed by atoms with E-state index in [0.717, 1.165) is 32.4 Å². The number of hydrogen-bond acceptors (Lipinski definition) is 3. The lowest BCUT2D eigenvalue weighted by Crippen LogP contribution is -2.44. The summed E-state index contributed by atoms with van der Waals surface area (Å²) < 4.78 is 0. The highest BCUT2D eigenvalue weighted by molar-refractivity contribution is 7.10. The highest BCUT2D eigenvalue weighted by Crippen LogP contribution is 2.38. The van der Waals surface area contributed by atoms with Crippen LogP contribution in [0.1, 0.15) is 68.1 Å². The molecule has 27 heavy (non-hydrogen) atoms. The molecule has 3 nitrogen and oxygen atoms in total. The number of nitrogens with zero attached hydrogens (tertiary/aromatic N) is 1. The van der Waals surface area contributed by atoms with Gasteiger partial charge in [0.25, 0.3) is 0 Å². The van der Waals surface area contributed by atoms with E-state index in [0.29, 0.717) is 6.54 Å². The van der Waals surface area contributed by atoms with Gasteiger partial charge in [0.05, 0.1) is 12.6 Å². The normalized spacial score (nSPS) is 17.0. The lowest BCUT2D eigenvalue weighted by atomic mass is 9.85. The second kappa shape index (κ2) is 8.57. The van der Waals surface area contributed by atoms with Gasteiger partial charge in [-0.05, 0) is 52.9 Å². The van der Waals surface area contributed by atoms with Crippen molar-refractivity contribution in [3.63, 3.8) is 0 Å². The van der Waals surface area contributed by atoms with Crippen LogP contribution in [0.25, 0.3) is 0 Å². The highest BCUT2D eigenvalue weighted by atomic mass is 32.1. The quantitative estimate of drug-likeness (QED) is 0.718. The monoisotopic (exact) mass is 384 g/mol. The zero-order valence-corrected chi connectivity index (χ0v) is 17.9. The van der Waals surface area contributed by atoms with Crippen molar-refractivity contribution in [1.82, 2.24) is 10.2 Å². The van der Waals surface area contributed by atoms with Gasteiger partial charge in [-0.1, -0.05) is 58.4 Å². The first kappa shape index (κ1) is 20.1. The van der Waals surface area contributed by atoms with Crippen LogP contribution in [0.15, 0.2) is 35.7 Å². The Labute approximate surface area is 167 Å². The van der Waals surface area contributed by atoms with E-state index >= 15 is 0 Å². The molecule has 0 fully saturated rings. The fourth-order valence-corrected chi connectivity index (χ4v) is 4.61. The Hall–Kier alpha value is -1.65. The largest absolute Gasteiger partial charge is 0.330 e. The van der Waals surface area contributed by atoms with E-state index < -0.39 is 0 Å². The Morgan fingerprint density at radius 3 is 2.63 bits per heavy atom. The van der Waals surface area contributed by atoms with E-state index in [1.165, 1.54) is 21.6 Å². The number of thiophene rings is 1. The number of rotatable bonds is 6. The summed E-state index contributed by atoms with van der Waals surface area (Å²) in [5.41, 5.74) is 3.98. The number of unbranched alkanes of at least 4 members (excludes halogenated alkanes) is 1. The van der Waals surface area contributed by atoms with Crippen LogP contribution in [-0.2, 0) is 16.6 Å². The minimum Gasteiger partial charge on any atom is -0.330 e. The highest BCUT2D eigenvalue weighted by Gasteiger charge is 2.32. The second-order valence-electron chi connectivity index (χ2n) is 8.44. The summed E-state index contributed by atoms with van der Waals surface area (Å²) in [5.74, 6) is 0.202. The van der Waals surface area contributed by atoms with Crippen molar-refractivity contribution < 1.29 is 4.79 Å². The third-order valence-corrected chi connectivity index (χ3v) is 6.36. The molecule has 0 radical (unpaired) electrons. The summed E-state index contributed by atoms with van der Waals surface area (Å²) in [5, 5.41) is 5.47. The van der Waals surface area contributed by atoms with Gasteiger partial charge in [-0.25, -0.2) is 0 Å². The topological polar surface area (TPSA) is 32.3 Å². The Kier molecular flexibility index (Phi) is 6.38. The van der Waals surface area contributed by atoms with Gasteiger partial charge in [0.1, 0.15) is 0 Å². The molecular weight excluding hydrogens is 352 g/mol. The second-order valence-corrected chi connectivity index (χ2v) is 9.44. The molecule has 3 rings (SSSR count). The fourth-order valence-electron chi connectivity index (χ4n) is 3.71. The van der Waals surface area contributed by atoms with Crippen LogP contribution in [0.4, 0.5) is 0 Å². The molecule has 1 aromatic heterocycles. The van der Waals surface area contributed by atoms with E-state index in [-0.39, 0.29) is 17.4 Å². The van der Waals surface area contributed by atoms with Crippen LogP contribution in [0.3, 0.4) is 0 Å². The van der Waals surface area contributed by atoms with Crippen molar-refractivity contribution in [3.8, 4) is 0 Å². The molecule has 1 atom stereocenters. The summed E-state index contributed by atoms with van der Waals surface area (Å²) in [7, 11) is 0. The zero-order valence-electron chi connectivity index (χ0n) is 17.0. The smallest absolute Gasteiger partial charge is 0.237 e. The lowest BCUT2D eigenvalue weighted by Gasteiger charge is -2.36. The number of hydrogen-bond donors (Lipinski definition) is 1. The predicted molar refractivity (Wildman–Crippen MR) is 114 cm³/mol. The molecule has 0 saturated heterocycles. The van der Waals surface area contributed by atoms with E-state index in [4.69, 9.17) is 0 Å². The van der Waals surface area contributed by atoms with Crippen LogP contribution >= 0.6 is 11.3 Å². The molecular formula is C23H32N2OS. The summed E-state index contributed by atoms with van der Waals surface area (Å²) in [6, 6.07) is 11.1. The minimum atomic E-state index is 0.0366. The van der Waals surface area contributed by atoms with Crippen molar-refractivity contribution >= 4 is 17.2 Å². The molecule has 1 amide bonds. The Morgan fingerprint density at radius 1 is 1.22 bits per heavy atom. The summed E-state index contributed by atoms with van der Waals surface area (Å²) in [4.78, 5) is 16.5. The number of nitrogens with one attached hydrogen (secondary N) is 1. The molecule has 1 aliphatic heterocycles. The van der Waals surface area contributed by atoms with Gasteiger partial charge in [-0.2, -0.15) is 0 Å². The van der Waals surface area contributed by atoms with Gasteiger partial charge in [-0.3, -0.25) is 4.79 Å². The molecule has 2 heterocycles. The van der Waals surface area contributed by atoms with Crippen LogP contribution in [0, 0.1) is 0 Å². The van der Waals surface area contributed by atoms with Crippen LogP contribution in [-0.4, -0.2) is 30.4 Å². The fraction of sp³-hybridized carbons (Fsp3) is 0.522. The molecule has 0 saturated carbocycles. The Bertz CT molecular complexity index is 757. The van der Waals surface area contributed by atoms with E-state index in [2.05, 4.69) is 73.6 Å². The maximum Gasteiger partial charge on any atom is 0.237 e. The van der Waals surface area contributed by atoms with Gasteiger partial charge >= 0.3 is 0 Å². The standard InChI is InChI=1S/C23H32N2OS/c1-5-6-13-24-16-21(26)25-14-11-20-19(12-15-27-20)22(25)17-7-9-18(10-8-17)23(2,3)4/h7-10,12,15,22,24H,5-6,11,13-14,16H2,1-4H3/t22-/m0/s1. The Balaban J connectivity index is 1.85. The van der Waals surface area contributed by atoms with E-state index in [1.54, 1.807) is 0 Å². The van der Waals surface area contributed by atoms with Gasteiger partial charge in [0, 0.05) is 11.4 Å². The van der Waals surface area contributed by atoms with E-state index in [1.807, 2.05) is 11.3 Å². The maximum absolute atomic E-state index is 13.0. The molecule has 2 aromatic rings. The molecule has 0 unspecified atom stereocenters. The number of amides is 1. The first-order valence-corrected chi connectivity index (χ1v) is 11.0. The summed E-state index contributed by atoms with van der Waals surface area (Å²) >= 11 is 1.82. The third kappa shape index (κ3) is 4.61. The molecule has 0 aliphatic carbocycles. The third-order valence-electron chi connectivity index (χ3n) is 5.36.